The van der Waals surface area contributed by atoms with E-state index in [9.17, 15) is 9.59 Å². The van der Waals surface area contributed by atoms with E-state index in [2.05, 4.69) is 5.32 Å². The van der Waals surface area contributed by atoms with Crippen LogP contribution in [0.1, 0.15) is 0 Å². The Bertz CT molecular complexity index is 436. The number of primary amides is 1. The number of phenols is 1. The van der Waals surface area contributed by atoms with Crippen molar-refractivity contribution in [3.8, 4) is 5.75 Å². The van der Waals surface area contributed by atoms with Crippen molar-refractivity contribution in [2.45, 2.75) is 6.10 Å². The number of benzene rings is 1. The van der Waals surface area contributed by atoms with Crippen molar-refractivity contribution in [2.24, 2.45) is 5.73 Å². The van der Waals surface area contributed by atoms with Gasteiger partial charge in [0.15, 0.2) is 0 Å². The molecule has 0 aliphatic heterocycles. The molecule has 0 saturated heterocycles. The standard InChI is InChI=1S/C9H9ClN2O4/c10-5-3-4(1-2-6(5)13)12-9(16)7(14)8(11)15/h1-3,7,13-14H,(H2,11,15)(H,12,16). The van der Waals surface area contributed by atoms with Crippen LogP contribution in [0.5, 0.6) is 5.75 Å². The number of halogens is 1. The highest BCUT2D eigenvalue weighted by molar-refractivity contribution is 6.32. The molecule has 1 rings (SSSR count). The Morgan fingerprint density at radius 3 is 2.56 bits per heavy atom. The van der Waals surface area contributed by atoms with Gasteiger partial charge in [0.2, 0.25) is 6.10 Å². The average Bonchev–Trinajstić information content (AvgIpc) is 2.22. The van der Waals surface area contributed by atoms with Crippen LogP contribution < -0.4 is 11.1 Å². The molecule has 2 amide bonds. The lowest BCUT2D eigenvalue weighted by molar-refractivity contribution is -0.136. The largest absolute Gasteiger partial charge is 0.506 e. The summed E-state index contributed by atoms with van der Waals surface area (Å²) in [5.74, 6) is -2.26. The zero-order valence-corrected chi connectivity index (χ0v) is 8.73. The number of carbonyl (C=O) groups is 2. The number of hydrogen-bond acceptors (Lipinski definition) is 4. The Labute approximate surface area is 95.6 Å². The van der Waals surface area contributed by atoms with Crippen molar-refractivity contribution in [3.63, 3.8) is 0 Å². The fourth-order valence-corrected chi connectivity index (χ4v) is 1.11. The van der Waals surface area contributed by atoms with Gasteiger partial charge < -0.3 is 21.3 Å². The van der Waals surface area contributed by atoms with Gasteiger partial charge in [-0.15, -0.1) is 0 Å². The van der Waals surface area contributed by atoms with Crippen molar-refractivity contribution in [1.29, 1.82) is 0 Å². The van der Waals surface area contributed by atoms with Crippen molar-refractivity contribution in [2.75, 3.05) is 5.32 Å². The van der Waals surface area contributed by atoms with Gasteiger partial charge in [0.25, 0.3) is 11.8 Å². The van der Waals surface area contributed by atoms with Gasteiger partial charge in [-0.25, -0.2) is 0 Å². The minimum absolute atomic E-state index is 0.0337. The van der Waals surface area contributed by atoms with E-state index in [-0.39, 0.29) is 16.5 Å². The fraction of sp³-hybridized carbons (Fsp3) is 0.111. The van der Waals surface area contributed by atoms with E-state index < -0.39 is 17.9 Å². The van der Waals surface area contributed by atoms with Crippen LogP contribution in [0.25, 0.3) is 0 Å². The highest BCUT2D eigenvalue weighted by atomic mass is 35.5. The average molecular weight is 245 g/mol. The van der Waals surface area contributed by atoms with Crippen LogP contribution in [0.2, 0.25) is 5.02 Å². The molecule has 0 aliphatic rings. The molecule has 16 heavy (non-hydrogen) atoms. The van der Waals surface area contributed by atoms with Gasteiger partial charge in [-0.2, -0.15) is 0 Å². The first kappa shape index (κ1) is 12.3. The Kier molecular flexibility index (Phi) is 3.70. The minimum atomic E-state index is -1.92. The lowest BCUT2D eigenvalue weighted by Crippen LogP contribution is -2.39. The summed E-state index contributed by atoms with van der Waals surface area (Å²) in [4.78, 5) is 21.7. The molecule has 1 aromatic carbocycles. The lowest BCUT2D eigenvalue weighted by atomic mass is 10.2. The SMILES string of the molecule is NC(=O)C(O)C(=O)Nc1ccc(O)c(Cl)c1. The van der Waals surface area contributed by atoms with E-state index in [1.807, 2.05) is 0 Å². The molecule has 0 radical (unpaired) electrons. The summed E-state index contributed by atoms with van der Waals surface area (Å²) in [6.45, 7) is 0. The monoisotopic (exact) mass is 244 g/mol. The molecule has 0 spiro atoms. The predicted octanol–water partition coefficient (Wildman–Crippen LogP) is -0.170. The van der Waals surface area contributed by atoms with Gasteiger partial charge in [-0.3, -0.25) is 9.59 Å². The van der Waals surface area contributed by atoms with Crippen LogP contribution in [0.4, 0.5) is 5.69 Å². The summed E-state index contributed by atoms with van der Waals surface area (Å²) >= 11 is 5.58. The molecule has 0 bridgehead atoms. The lowest BCUT2D eigenvalue weighted by Gasteiger charge is -2.08. The highest BCUT2D eigenvalue weighted by Gasteiger charge is 2.20. The van der Waals surface area contributed by atoms with Gasteiger partial charge in [0.05, 0.1) is 5.02 Å². The fourth-order valence-electron chi connectivity index (χ4n) is 0.924. The first-order valence-electron chi connectivity index (χ1n) is 4.18. The number of nitrogens with one attached hydrogen (secondary N) is 1. The van der Waals surface area contributed by atoms with Crippen LogP contribution in [0.3, 0.4) is 0 Å². The summed E-state index contributed by atoms with van der Waals surface area (Å²) in [5.41, 5.74) is 4.96. The first-order chi connectivity index (χ1) is 7.41. The molecule has 0 aliphatic carbocycles. The summed E-state index contributed by atoms with van der Waals surface area (Å²) in [5, 5.41) is 20.4. The Hall–Kier alpha value is -1.79. The second-order valence-electron chi connectivity index (χ2n) is 2.96. The Balaban J connectivity index is 2.77. The number of hydrogen-bond donors (Lipinski definition) is 4. The molecule has 0 saturated carbocycles. The molecule has 7 heteroatoms. The number of aliphatic hydroxyl groups excluding tert-OH is 1. The molecule has 1 aromatic rings. The van der Waals surface area contributed by atoms with Crippen LogP contribution in [-0.2, 0) is 9.59 Å². The third-order valence-electron chi connectivity index (χ3n) is 1.73. The maximum Gasteiger partial charge on any atom is 0.263 e. The van der Waals surface area contributed by atoms with Crippen molar-refractivity contribution in [1.82, 2.24) is 0 Å². The molecule has 5 N–H and O–H groups in total. The van der Waals surface area contributed by atoms with Gasteiger partial charge in [-0.1, -0.05) is 11.6 Å². The van der Waals surface area contributed by atoms with Gasteiger partial charge in [-0.05, 0) is 18.2 Å². The van der Waals surface area contributed by atoms with Crippen LogP contribution in [0.15, 0.2) is 18.2 Å². The number of rotatable bonds is 3. The van der Waals surface area contributed by atoms with Gasteiger partial charge in [0, 0.05) is 5.69 Å². The first-order valence-corrected chi connectivity index (χ1v) is 4.56. The second kappa shape index (κ2) is 4.82. The summed E-state index contributed by atoms with van der Waals surface area (Å²) in [6, 6.07) is 3.88. The van der Waals surface area contributed by atoms with Crippen molar-refractivity contribution < 1.29 is 19.8 Å². The Morgan fingerprint density at radius 1 is 1.44 bits per heavy atom. The van der Waals surface area contributed by atoms with E-state index in [0.29, 0.717) is 0 Å². The van der Waals surface area contributed by atoms with Crippen LogP contribution >= 0.6 is 11.6 Å². The maximum atomic E-state index is 11.2. The third kappa shape index (κ3) is 2.85. The summed E-state index contributed by atoms with van der Waals surface area (Å²) < 4.78 is 0. The van der Waals surface area contributed by atoms with E-state index in [1.165, 1.54) is 18.2 Å². The normalized spacial score (nSPS) is 11.9. The molecule has 1 unspecified atom stereocenters. The van der Waals surface area contributed by atoms with Crippen LogP contribution in [-0.4, -0.2) is 28.1 Å². The molecule has 0 aromatic heterocycles. The number of carbonyl (C=O) groups excluding carboxylic acids is 2. The summed E-state index contributed by atoms with van der Waals surface area (Å²) in [7, 11) is 0. The van der Waals surface area contributed by atoms with Crippen LogP contribution in [0, 0.1) is 0 Å². The van der Waals surface area contributed by atoms with Crippen molar-refractivity contribution >= 4 is 29.1 Å². The zero-order chi connectivity index (χ0) is 12.3. The number of amides is 2. The zero-order valence-electron chi connectivity index (χ0n) is 7.98. The minimum Gasteiger partial charge on any atom is -0.506 e. The van der Waals surface area contributed by atoms with E-state index >= 15 is 0 Å². The molecule has 0 heterocycles. The molecule has 0 fully saturated rings. The third-order valence-corrected chi connectivity index (χ3v) is 2.04. The number of anilines is 1. The Morgan fingerprint density at radius 2 is 2.06 bits per heavy atom. The van der Waals surface area contributed by atoms with E-state index in [1.54, 1.807) is 0 Å². The van der Waals surface area contributed by atoms with E-state index in [0.717, 1.165) is 0 Å². The van der Waals surface area contributed by atoms with Crippen molar-refractivity contribution in [3.05, 3.63) is 23.2 Å². The second-order valence-corrected chi connectivity index (χ2v) is 3.37. The molecular weight excluding hydrogens is 236 g/mol. The number of nitrogens with two attached hydrogens (primary N) is 1. The quantitative estimate of drug-likeness (QED) is 0.437. The maximum absolute atomic E-state index is 11.2. The summed E-state index contributed by atoms with van der Waals surface area (Å²) in [6.07, 6.45) is -1.92. The molecule has 1 atom stereocenters. The van der Waals surface area contributed by atoms with Gasteiger partial charge >= 0.3 is 0 Å². The van der Waals surface area contributed by atoms with E-state index in [4.69, 9.17) is 27.5 Å². The topological polar surface area (TPSA) is 113 Å². The smallest absolute Gasteiger partial charge is 0.263 e. The number of aliphatic hydroxyl groups is 1. The highest BCUT2D eigenvalue weighted by Crippen LogP contribution is 2.25. The van der Waals surface area contributed by atoms with Gasteiger partial charge in [0.1, 0.15) is 5.75 Å². The predicted molar refractivity (Wildman–Crippen MR) is 56.9 cm³/mol. The number of phenolic OH excluding ortho intramolecular Hbond substituents is 1. The molecule has 86 valence electrons. The molecular formula is C9H9ClN2O4. The molecule has 6 nitrogen and oxygen atoms in total. The number of aromatic hydroxyl groups is 1.